The molecule has 0 aliphatic heterocycles. The van der Waals surface area contributed by atoms with E-state index in [1.54, 1.807) is 13.8 Å². The van der Waals surface area contributed by atoms with Gasteiger partial charge in [-0.1, -0.05) is 13.8 Å². The summed E-state index contributed by atoms with van der Waals surface area (Å²) in [6, 6.07) is -1.11. The van der Waals surface area contributed by atoms with E-state index in [2.05, 4.69) is 16.0 Å². The number of nitrogens with one attached hydrogen (secondary N) is 3. The fourth-order valence-corrected chi connectivity index (χ4v) is 5.60. The second kappa shape index (κ2) is 7.45. The van der Waals surface area contributed by atoms with Gasteiger partial charge in [-0.15, -0.1) is 0 Å². The summed E-state index contributed by atoms with van der Waals surface area (Å²) < 4.78 is 0. The Kier molecular flexibility index (Phi) is 5.44. The molecule has 7 heteroatoms. The molecule has 0 unspecified atom stereocenters. The number of hydrogen-bond acceptors (Lipinski definition) is 3. The normalized spacial score (nSPS) is 33.0. The zero-order valence-electron chi connectivity index (χ0n) is 15.7. The van der Waals surface area contributed by atoms with Crippen LogP contribution in [0.15, 0.2) is 0 Å². The number of carboxylic acids is 1. The summed E-state index contributed by atoms with van der Waals surface area (Å²) in [5, 5.41) is 17.6. The van der Waals surface area contributed by atoms with Crippen molar-refractivity contribution in [3.05, 3.63) is 0 Å². The summed E-state index contributed by atoms with van der Waals surface area (Å²) in [4.78, 5) is 35.3. The molecule has 146 valence electrons. The van der Waals surface area contributed by atoms with E-state index in [0.29, 0.717) is 0 Å². The Labute approximate surface area is 154 Å². The van der Waals surface area contributed by atoms with Crippen LogP contribution < -0.4 is 16.0 Å². The molecule has 4 N–H and O–H groups in total. The largest absolute Gasteiger partial charge is 0.480 e. The van der Waals surface area contributed by atoms with E-state index in [9.17, 15) is 14.4 Å². The molecule has 0 radical (unpaired) electrons. The van der Waals surface area contributed by atoms with E-state index in [0.717, 1.165) is 37.0 Å². The highest BCUT2D eigenvalue weighted by atomic mass is 16.4. The van der Waals surface area contributed by atoms with Crippen molar-refractivity contribution in [1.29, 1.82) is 0 Å². The zero-order chi connectivity index (χ0) is 18.9. The topological polar surface area (TPSA) is 108 Å². The van der Waals surface area contributed by atoms with E-state index < -0.39 is 12.0 Å². The van der Waals surface area contributed by atoms with Gasteiger partial charge in [0.05, 0.1) is 0 Å². The number of carboxylic acid groups (broad SMARTS) is 1. The van der Waals surface area contributed by atoms with Crippen LogP contribution in [0.5, 0.6) is 0 Å². The van der Waals surface area contributed by atoms with Gasteiger partial charge in [0.15, 0.2) is 0 Å². The molecule has 0 saturated heterocycles. The third-order valence-corrected chi connectivity index (χ3v) is 6.30. The molecule has 0 spiro atoms. The summed E-state index contributed by atoms with van der Waals surface area (Å²) in [7, 11) is 0. The Morgan fingerprint density at radius 2 is 1.58 bits per heavy atom. The number of carbonyl (C=O) groups is 3. The van der Waals surface area contributed by atoms with E-state index in [1.807, 2.05) is 0 Å². The molecule has 26 heavy (non-hydrogen) atoms. The van der Waals surface area contributed by atoms with E-state index in [-0.39, 0.29) is 36.4 Å². The predicted molar refractivity (Wildman–Crippen MR) is 96.5 cm³/mol. The molecule has 3 amide bonds. The number of hydrogen-bond donors (Lipinski definition) is 4. The van der Waals surface area contributed by atoms with Gasteiger partial charge in [-0.3, -0.25) is 4.79 Å². The number of aliphatic carboxylic acids is 1. The fourth-order valence-electron chi connectivity index (χ4n) is 5.60. The van der Waals surface area contributed by atoms with Crippen LogP contribution in [0.1, 0.15) is 58.8 Å². The van der Waals surface area contributed by atoms with Crippen LogP contribution in [-0.4, -0.2) is 41.1 Å². The molecule has 0 heterocycles. The third-order valence-electron chi connectivity index (χ3n) is 6.30. The molecule has 4 rings (SSSR count). The maximum atomic E-state index is 12.3. The smallest absolute Gasteiger partial charge is 0.326 e. The van der Waals surface area contributed by atoms with Gasteiger partial charge in [0.1, 0.15) is 6.04 Å². The van der Waals surface area contributed by atoms with Crippen LogP contribution in [-0.2, 0) is 9.59 Å². The molecule has 4 aliphatic rings. The van der Waals surface area contributed by atoms with E-state index in [4.69, 9.17) is 5.11 Å². The summed E-state index contributed by atoms with van der Waals surface area (Å²) >= 11 is 0. The Bertz CT molecular complexity index is 540. The first-order valence-corrected chi connectivity index (χ1v) is 9.84. The lowest BCUT2D eigenvalue weighted by molar-refractivity contribution is -0.143. The minimum atomic E-state index is -1.04. The van der Waals surface area contributed by atoms with Crippen molar-refractivity contribution < 1.29 is 19.5 Å². The van der Waals surface area contributed by atoms with Gasteiger partial charge >= 0.3 is 12.0 Å². The van der Waals surface area contributed by atoms with Crippen LogP contribution in [0, 0.1) is 23.7 Å². The quantitative estimate of drug-likeness (QED) is 0.552. The van der Waals surface area contributed by atoms with Crippen LogP contribution in [0.3, 0.4) is 0 Å². The summed E-state index contributed by atoms with van der Waals surface area (Å²) in [6.45, 7) is 3.70. The van der Waals surface area contributed by atoms with Gasteiger partial charge in [-0.2, -0.15) is 0 Å². The minimum absolute atomic E-state index is 0.0485. The van der Waals surface area contributed by atoms with Crippen molar-refractivity contribution in [2.75, 3.05) is 6.54 Å². The lowest BCUT2D eigenvalue weighted by Gasteiger charge is -2.56. The van der Waals surface area contributed by atoms with Crippen LogP contribution >= 0.6 is 0 Å². The Morgan fingerprint density at radius 3 is 2.04 bits per heavy atom. The lowest BCUT2D eigenvalue weighted by atomic mass is 9.53. The molecule has 0 aromatic heterocycles. The number of urea groups is 1. The molecule has 7 nitrogen and oxygen atoms in total. The summed E-state index contributed by atoms with van der Waals surface area (Å²) in [6.07, 6.45) is 7.30. The van der Waals surface area contributed by atoms with Crippen LogP contribution in [0.2, 0.25) is 0 Å². The second-order valence-electron chi connectivity index (χ2n) is 8.96. The molecule has 1 atom stereocenters. The lowest BCUT2D eigenvalue weighted by Crippen LogP contribution is -2.61. The molecule has 4 saturated carbocycles. The Morgan fingerprint density at radius 1 is 1.04 bits per heavy atom. The maximum absolute atomic E-state index is 12.3. The van der Waals surface area contributed by atoms with Gasteiger partial charge in [0.2, 0.25) is 5.91 Å². The summed E-state index contributed by atoms with van der Waals surface area (Å²) in [5.41, 5.74) is -0.0485. The SMILES string of the molecule is CC(C)[C@@H](NC(=O)CCNC(=O)NC12CC3CC(CC(C3)C1)C2)C(=O)O. The molecule has 4 fully saturated rings. The van der Waals surface area contributed by atoms with Crippen molar-refractivity contribution in [3.8, 4) is 0 Å². The second-order valence-corrected chi connectivity index (χ2v) is 8.96. The average Bonchev–Trinajstić information content (AvgIpc) is 2.50. The van der Waals surface area contributed by atoms with Crippen molar-refractivity contribution in [1.82, 2.24) is 16.0 Å². The van der Waals surface area contributed by atoms with Crippen molar-refractivity contribution in [2.24, 2.45) is 23.7 Å². The van der Waals surface area contributed by atoms with Gasteiger partial charge < -0.3 is 21.1 Å². The third kappa shape index (κ3) is 4.30. The standard InChI is InChI=1S/C19H31N3O4/c1-11(2)16(17(24)25)21-15(23)3-4-20-18(26)22-19-8-12-5-13(9-19)7-14(6-12)10-19/h11-14,16H,3-10H2,1-2H3,(H,21,23)(H,24,25)(H2,20,22,26)/t12?,13?,14?,16-,19?/m1/s1. The highest BCUT2D eigenvalue weighted by molar-refractivity contribution is 5.84. The predicted octanol–water partition coefficient (Wildman–Crippen LogP) is 1.87. The van der Waals surface area contributed by atoms with E-state index >= 15 is 0 Å². The maximum Gasteiger partial charge on any atom is 0.326 e. The molecule has 0 aromatic rings. The Balaban J connectivity index is 1.41. The molecule has 0 aromatic carbocycles. The van der Waals surface area contributed by atoms with Gasteiger partial charge in [-0.05, 0) is 62.2 Å². The average molecular weight is 365 g/mol. The van der Waals surface area contributed by atoms with E-state index in [1.165, 1.54) is 19.3 Å². The van der Waals surface area contributed by atoms with Gasteiger partial charge in [0, 0.05) is 18.5 Å². The Hall–Kier alpha value is -1.79. The zero-order valence-corrected chi connectivity index (χ0v) is 15.7. The fraction of sp³-hybridized carbons (Fsp3) is 0.842. The van der Waals surface area contributed by atoms with Crippen LogP contribution in [0.4, 0.5) is 4.79 Å². The van der Waals surface area contributed by atoms with Crippen LogP contribution in [0.25, 0.3) is 0 Å². The number of carbonyl (C=O) groups excluding carboxylic acids is 2. The first kappa shape index (κ1) is 19.0. The van der Waals surface area contributed by atoms with Crippen molar-refractivity contribution in [2.45, 2.75) is 70.4 Å². The molecular formula is C19H31N3O4. The monoisotopic (exact) mass is 365 g/mol. The van der Waals surface area contributed by atoms with Gasteiger partial charge in [0.25, 0.3) is 0 Å². The highest BCUT2D eigenvalue weighted by Gasteiger charge is 2.51. The first-order valence-electron chi connectivity index (χ1n) is 9.84. The minimum Gasteiger partial charge on any atom is -0.480 e. The highest BCUT2D eigenvalue weighted by Crippen LogP contribution is 2.55. The molecule has 4 aliphatic carbocycles. The summed E-state index contributed by atoms with van der Waals surface area (Å²) in [5.74, 6) is 0.690. The number of amides is 3. The molecular weight excluding hydrogens is 334 g/mol. The van der Waals surface area contributed by atoms with Crippen molar-refractivity contribution >= 4 is 17.9 Å². The van der Waals surface area contributed by atoms with Gasteiger partial charge in [-0.25, -0.2) is 9.59 Å². The number of rotatable bonds is 7. The molecule has 4 bridgehead atoms. The van der Waals surface area contributed by atoms with Crippen molar-refractivity contribution in [3.63, 3.8) is 0 Å². The first-order chi connectivity index (χ1) is 12.3.